The first-order valence-electron chi connectivity index (χ1n) is 5.98. The first-order chi connectivity index (χ1) is 8.63. The Labute approximate surface area is 110 Å². The van der Waals surface area contributed by atoms with Crippen molar-refractivity contribution in [2.45, 2.75) is 19.5 Å². The van der Waals surface area contributed by atoms with Gasteiger partial charge >= 0.3 is 0 Å². The van der Waals surface area contributed by atoms with Crippen molar-refractivity contribution in [3.63, 3.8) is 0 Å². The number of nitrogens with zero attached hydrogens (tertiary/aromatic N) is 3. The molecule has 2 N–H and O–H groups in total. The number of hydrogen-bond donors (Lipinski definition) is 2. The van der Waals surface area contributed by atoms with Crippen LogP contribution in [-0.2, 0) is 6.54 Å². The second-order valence-corrected chi connectivity index (χ2v) is 4.77. The van der Waals surface area contributed by atoms with Crippen LogP contribution >= 0.6 is 11.6 Å². The second-order valence-electron chi connectivity index (χ2n) is 4.40. The number of halogens is 1. The molecule has 1 aromatic heterocycles. The van der Waals surface area contributed by atoms with Gasteiger partial charge in [0.1, 0.15) is 5.02 Å². The molecule has 0 saturated carbocycles. The quantitative estimate of drug-likeness (QED) is 0.790. The molecule has 0 aromatic carbocycles. The van der Waals surface area contributed by atoms with Crippen LogP contribution in [0.15, 0.2) is 11.0 Å². The van der Waals surface area contributed by atoms with E-state index in [0.29, 0.717) is 11.7 Å². The first-order valence-corrected chi connectivity index (χ1v) is 6.36. The van der Waals surface area contributed by atoms with Gasteiger partial charge in [0.05, 0.1) is 25.0 Å². The Morgan fingerprint density at radius 2 is 2.44 bits per heavy atom. The third-order valence-corrected chi connectivity index (χ3v) is 3.34. The lowest BCUT2D eigenvalue weighted by molar-refractivity contribution is 0.266. The van der Waals surface area contributed by atoms with Gasteiger partial charge in [-0.2, -0.15) is 5.10 Å². The van der Waals surface area contributed by atoms with E-state index in [1.54, 1.807) is 6.20 Å². The molecular weight excluding hydrogens is 256 g/mol. The zero-order valence-electron chi connectivity index (χ0n) is 10.3. The molecule has 0 unspecified atom stereocenters. The highest BCUT2D eigenvalue weighted by molar-refractivity contribution is 6.33. The SMILES string of the molecule is C[C@H]1CN(c2cnn(CCO)c(=O)c2Cl)CCN1. The third kappa shape index (κ3) is 2.66. The molecule has 1 atom stereocenters. The lowest BCUT2D eigenvalue weighted by Crippen LogP contribution is -2.49. The molecule has 18 heavy (non-hydrogen) atoms. The van der Waals surface area contributed by atoms with E-state index in [0.717, 1.165) is 19.6 Å². The standard InChI is InChI=1S/C11H17ClN4O2/c1-8-7-15(3-2-13-8)9-6-14-16(4-5-17)11(18)10(9)12/h6,8,13,17H,2-5,7H2,1H3/t8-/m0/s1. The summed E-state index contributed by atoms with van der Waals surface area (Å²) >= 11 is 6.10. The number of anilines is 1. The van der Waals surface area contributed by atoms with Crippen molar-refractivity contribution in [3.8, 4) is 0 Å². The van der Waals surface area contributed by atoms with E-state index in [1.165, 1.54) is 4.68 Å². The monoisotopic (exact) mass is 272 g/mol. The van der Waals surface area contributed by atoms with E-state index in [1.807, 2.05) is 0 Å². The Kier molecular flexibility index (Phi) is 4.21. The average molecular weight is 273 g/mol. The Balaban J connectivity index is 2.29. The van der Waals surface area contributed by atoms with Crippen LogP contribution in [0.2, 0.25) is 5.02 Å². The minimum absolute atomic E-state index is 0.132. The molecule has 1 aliphatic rings. The van der Waals surface area contributed by atoms with Crippen molar-refractivity contribution in [2.75, 3.05) is 31.1 Å². The highest BCUT2D eigenvalue weighted by atomic mass is 35.5. The third-order valence-electron chi connectivity index (χ3n) is 2.99. The number of rotatable bonds is 3. The predicted molar refractivity (Wildman–Crippen MR) is 70.3 cm³/mol. The largest absolute Gasteiger partial charge is 0.394 e. The minimum atomic E-state index is -0.352. The average Bonchev–Trinajstić information content (AvgIpc) is 2.35. The van der Waals surface area contributed by atoms with Crippen LogP contribution in [0.4, 0.5) is 5.69 Å². The lowest BCUT2D eigenvalue weighted by Gasteiger charge is -2.33. The van der Waals surface area contributed by atoms with Gasteiger partial charge in [-0.3, -0.25) is 4.79 Å². The summed E-state index contributed by atoms with van der Waals surface area (Å²) in [7, 11) is 0. The van der Waals surface area contributed by atoms with Gasteiger partial charge in [-0.15, -0.1) is 0 Å². The number of aliphatic hydroxyl groups is 1. The summed E-state index contributed by atoms with van der Waals surface area (Å²) in [5, 5.41) is 16.4. The molecule has 0 aliphatic carbocycles. The number of aliphatic hydroxyl groups excluding tert-OH is 1. The van der Waals surface area contributed by atoms with Gasteiger partial charge in [0.25, 0.3) is 5.56 Å². The van der Waals surface area contributed by atoms with Crippen molar-refractivity contribution >= 4 is 17.3 Å². The van der Waals surface area contributed by atoms with Crippen molar-refractivity contribution in [1.29, 1.82) is 0 Å². The summed E-state index contributed by atoms with van der Waals surface area (Å²) in [6.07, 6.45) is 1.59. The van der Waals surface area contributed by atoms with Crippen LogP contribution < -0.4 is 15.8 Å². The van der Waals surface area contributed by atoms with E-state index in [-0.39, 0.29) is 23.7 Å². The molecule has 1 fully saturated rings. The summed E-state index contributed by atoms with van der Waals surface area (Å²) in [5.41, 5.74) is 0.318. The van der Waals surface area contributed by atoms with E-state index >= 15 is 0 Å². The first kappa shape index (κ1) is 13.3. The molecule has 1 aliphatic heterocycles. The molecule has 0 amide bonds. The normalized spacial score (nSPS) is 20.2. The highest BCUT2D eigenvalue weighted by Gasteiger charge is 2.20. The number of nitrogens with one attached hydrogen (secondary N) is 1. The maximum Gasteiger partial charge on any atom is 0.287 e. The summed E-state index contributed by atoms with van der Waals surface area (Å²) in [6.45, 7) is 4.57. The summed E-state index contributed by atoms with van der Waals surface area (Å²) in [4.78, 5) is 14.0. The van der Waals surface area contributed by atoms with Gasteiger partial charge in [0.15, 0.2) is 0 Å². The fourth-order valence-corrected chi connectivity index (χ4v) is 2.35. The Morgan fingerprint density at radius 1 is 1.67 bits per heavy atom. The van der Waals surface area contributed by atoms with Crippen LogP contribution in [0.25, 0.3) is 0 Å². The minimum Gasteiger partial charge on any atom is -0.394 e. The number of piperazine rings is 1. The van der Waals surface area contributed by atoms with E-state index in [9.17, 15) is 4.79 Å². The number of hydrogen-bond acceptors (Lipinski definition) is 5. The smallest absolute Gasteiger partial charge is 0.287 e. The van der Waals surface area contributed by atoms with E-state index in [2.05, 4.69) is 22.2 Å². The topological polar surface area (TPSA) is 70.4 Å². The summed E-state index contributed by atoms with van der Waals surface area (Å²) in [6, 6.07) is 0.356. The van der Waals surface area contributed by atoms with E-state index < -0.39 is 0 Å². The molecular formula is C11H17ClN4O2. The molecule has 1 saturated heterocycles. The highest BCUT2D eigenvalue weighted by Crippen LogP contribution is 2.21. The van der Waals surface area contributed by atoms with Crippen molar-refractivity contribution < 1.29 is 5.11 Å². The molecule has 0 radical (unpaired) electrons. The predicted octanol–water partition coefficient (Wildman–Crippen LogP) is -0.313. The van der Waals surface area contributed by atoms with Crippen molar-refractivity contribution in [2.24, 2.45) is 0 Å². The van der Waals surface area contributed by atoms with Gasteiger partial charge < -0.3 is 15.3 Å². The Hall–Kier alpha value is -1.11. The van der Waals surface area contributed by atoms with E-state index in [4.69, 9.17) is 16.7 Å². The van der Waals surface area contributed by atoms with Gasteiger partial charge in [-0.25, -0.2) is 4.68 Å². The molecule has 0 spiro atoms. The molecule has 1 aromatic rings. The number of aromatic nitrogens is 2. The lowest BCUT2D eigenvalue weighted by atomic mass is 10.2. The van der Waals surface area contributed by atoms with Crippen molar-refractivity contribution in [1.82, 2.24) is 15.1 Å². The summed E-state index contributed by atoms with van der Waals surface area (Å²) < 4.78 is 1.18. The van der Waals surface area contributed by atoms with Gasteiger partial charge in [-0.1, -0.05) is 11.6 Å². The van der Waals surface area contributed by atoms with Crippen LogP contribution in [-0.4, -0.2) is 47.2 Å². The van der Waals surface area contributed by atoms with Crippen LogP contribution in [0.3, 0.4) is 0 Å². The van der Waals surface area contributed by atoms with Gasteiger partial charge in [-0.05, 0) is 6.92 Å². The van der Waals surface area contributed by atoms with Crippen LogP contribution in [0.5, 0.6) is 0 Å². The molecule has 100 valence electrons. The maximum atomic E-state index is 11.9. The second kappa shape index (κ2) is 5.69. The Bertz CT molecular complexity index is 477. The molecule has 7 heteroatoms. The molecule has 2 rings (SSSR count). The van der Waals surface area contributed by atoms with Crippen LogP contribution in [0, 0.1) is 0 Å². The zero-order valence-corrected chi connectivity index (χ0v) is 11.0. The summed E-state index contributed by atoms with van der Waals surface area (Å²) in [5.74, 6) is 0. The Morgan fingerprint density at radius 3 is 3.11 bits per heavy atom. The molecule has 0 bridgehead atoms. The van der Waals surface area contributed by atoms with Gasteiger partial charge in [0, 0.05) is 25.7 Å². The molecule has 6 nitrogen and oxygen atoms in total. The molecule has 2 heterocycles. The fourth-order valence-electron chi connectivity index (χ4n) is 2.08. The maximum absolute atomic E-state index is 11.9. The van der Waals surface area contributed by atoms with Crippen LogP contribution in [0.1, 0.15) is 6.92 Å². The van der Waals surface area contributed by atoms with Crippen molar-refractivity contribution in [3.05, 3.63) is 21.6 Å². The zero-order chi connectivity index (χ0) is 13.1. The van der Waals surface area contributed by atoms with Gasteiger partial charge in [0.2, 0.25) is 0 Å². The fraction of sp³-hybridized carbons (Fsp3) is 0.636.